The van der Waals surface area contributed by atoms with Gasteiger partial charge in [0.1, 0.15) is 5.82 Å². The first kappa shape index (κ1) is 11.2. The summed E-state index contributed by atoms with van der Waals surface area (Å²) in [5, 5.41) is 11.3. The van der Waals surface area contributed by atoms with Gasteiger partial charge in [0.2, 0.25) is 0 Å². The smallest absolute Gasteiger partial charge is 0.112 e. The van der Waals surface area contributed by atoms with Crippen molar-refractivity contribution in [2.75, 3.05) is 6.54 Å². The van der Waals surface area contributed by atoms with Crippen molar-refractivity contribution >= 4 is 0 Å². The molecule has 100 valence electrons. The van der Waals surface area contributed by atoms with Crippen LogP contribution in [0.2, 0.25) is 0 Å². The van der Waals surface area contributed by atoms with E-state index in [9.17, 15) is 0 Å². The molecule has 0 unspecified atom stereocenters. The van der Waals surface area contributed by atoms with Gasteiger partial charge in [-0.1, -0.05) is 5.21 Å². The number of hydrogen-bond acceptors (Lipinski definition) is 4. The number of aromatic nitrogens is 5. The normalized spacial score (nSPS) is 18.5. The molecule has 3 heterocycles. The van der Waals surface area contributed by atoms with Crippen LogP contribution in [-0.2, 0) is 26.1 Å². The maximum absolute atomic E-state index is 4.87. The van der Waals surface area contributed by atoms with E-state index in [1.165, 1.54) is 30.1 Å². The Morgan fingerprint density at radius 3 is 3.05 bits per heavy atom. The minimum atomic E-state index is 0.696. The van der Waals surface area contributed by atoms with Crippen molar-refractivity contribution in [1.82, 2.24) is 29.9 Å². The molecule has 1 saturated carbocycles. The molecule has 0 bridgehead atoms. The summed E-state index contributed by atoms with van der Waals surface area (Å²) in [6.07, 6.45) is 7.34. The predicted molar refractivity (Wildman–Crippen MR) is 69.6 cm³/mol. The van der Waals surface area contributed by atoms with Crippen molar-refractivity contribution < 1.29 is 0 Å². The van der Waals surface area contributed by atoms with Gasteiger partial charge in [-0.25, -0.2) is 4.98 Å². The number of nitrogens with one attached hydrogen (secondary N) is 1. The molecule has 1 aliphatic carbocycles. The highest BCUT2D eigenvalue weighted by molar-refractivity contribution is 5.24. The summed E-state index contributed by atoms with van der Waals surface area (Å²) >= 11 is 0. The van der Waals surface area contributed by atoms with Crippen LogP contribution in [0.5, 0.6) is 0 Å². The van der Waals surface area contributed by atoms with Crippen molar-refractivity contribution in [1.29, 1.82) is 0 Å². The molecule has 4 rings (SSSR count). The summed E-state index contributed by atoms with van der Waals surface area (Å²) < 4.78 is 4.33. The van der Waals surface area contributed by atoms with Gasteiger partial charge in [0.25, 0.3) is 0 Å². The summed E-state index contributed by atoms with van der Waals surface area (Å²) in [7, 11) is 0. The zero-order valence-electron chi connectivity index (χ0n) is 10.9. The Bertz CT molecular complexity index is 566. The van der Waals surface area contributed by atoms with Crippen LogP contribution in [0.1, 0.15) is 36.0 Å². The van der Waals surface area contributed by atoms with Crippen molar-refractivity contribution in [3.8, 4) is 0 Å². The summed E-state index contributed by atoms with van der Waals surface area (Å²) in [6, 6.07) is 0. The van der Waals surface area contributed by atoms with E-state index in [2.05, 4.69) is 20.2 Å². The van der Waals surface area contributed by atoms with E-state index in [4.69, 9.17) is 4.98 Å². The van der Waals surface area contributed by atoms with E-state index in [0.717, 1.165) is 32.6 Å². The third-order valence-corrected chi connectivity index (χ3v) is 3.98. The summed E-state index contributed by atoms with van der Waals surface area (Å²) in [5.41, 5.74) is 2.69. The minimum Gasteiger partial charge on any atom is -0.330 e. The molecule has 0 spiro atoms. The third kappa shape index (κ3) is 2.06. The molecule has 1 N–H and O–H groups in total. The van der Waals surface area contributed by atoms with Crippen LogP contribution >= 0.6 is 0 Å². The molecular weight excluding hydrogens is 240 g/mol. The number of fused-ring (bicyclic) bond motifs is 1. The van der Waals surface area contributed by atoms with E-state index in [1.807, 2.05) is 10.9 Å². The van der Waals surface area contributed by atoms with E-state index < -0.39 is 0 Å². The first-order valence-corrected chi connectivity index (χ1v) is 7.05. The van der Waals surface area contributed by atoms with Crippen LogP contribution in [0.3, 0.4) is 0 Å². The molecule has 6 heteroatoms. The Labute approximate surface area is 111 Å². The molecule has 0 radical (unpaired) electrons. The Morgan fingerprint density at radius 1 is 1.32 bits per heavy atom. The monoisotopic (exact) mass is 258 g/mol. The maximum atomic E-state index is 4.87. The molecule has 19 heavy (non-hydrogen) atoms. The lowest BCUT2D eigenvalue weighted by molar-refractivity contribution is 0.491. The first-order valence-electron chi connectivity index (χ1n) is 7.05. The Hall–Kier alpha value is -1.69. The van der Waals surface area contributed by atoms with E-state index in [0.29, 0.717) is 5.92 Å². The zero-order chi connectivity index (χ0) is 12.7. The van der Waals surface area contributed by atoms with Gasteiger partial charge in [0.15, 0.2) is 0 Å². The predicted octanol–water partition coefficient (Wildman–Crippen LogP) is 0.698. The fourth-order valence-corrected chi connectivity index (χ4v) is 2.85. The van der Waals surface area contributed by atoms with Gasteiger partial charge in [-0.3, -0.25) is 4.68 Å². The van der Waals surface area contributed by atoms with Gasteiger partial charge < -0.3 is 9.88 Å². The second-order valence-corrected chi connectivity index (χ2v) is 5.38. The molecule has 2 aromatic heterocycles. The summed E-state index contributed by atoms with van der Waals surface area (Å²) in [5.74, 6) is 2.00. The van der Waals surface area contributed by atoms with Crippen LogP contribution in [0.15, 0.2) is 12.4 Å². The van der Waals surface area contributed by atoms with Crippen LogP contribution < -0.4 is 5.32 Å². The largest absolute Gasteiger partial charge is 0.330 e. The summed E-state index contributed by atoms with van der Waals surface area (Å²) in [6.45, 7) is 3.81. The van der Waals surface area contributed by atoms with Gasteiger partial charge >= 0.3 is 0 Å². The molecular formula is C13H18N6. The van der Waals surface area contributed by atoms with Gasteiger partial charge in [-0.15, -0.1) is 5.10 Å². The van der Waals surface area contributed by atoms with Crippen molar-refractivity contribution in [2.45, 2.75) is 44.8 Å². The molecule has 0 aromatic carbocycles. The zero-order valence-corrected chi connectivity index (χ0v) is 10.9. The highest BCUT2D eigenvalue weighted by Crippen LogP contribution is 2.40. The van der Waals surface area contributed by atoms with Crippen LogP contribution in [0, 0.1) is 0 Å². The fraction of sp³-hybridized carbons (Fsp3) is 0.615. The highest BCUT2D eigenvalue weighted by Gasteiger charge is 2.31. The fourth-order valence-electron chi connectivity index (χ4n) is 2.85. The topological polar surface area (TPSA) is 60.6 Å². The molecule has 0 saturated heterocycles. The quantitative estimate of drug-likeness (QED) is 0.877. The van der Waals surface area contributed by atoms with Crippen LogP contribution in [0.4, 0.5) is 0 Å². The van der Waals surface area contributed by atoms with Gasteiger partial charge in [0, 0.05) is 43.9 Å². The van der Waals surface area contributed by atoms with Crippen molar-refractivity contribution in [3.05, 3.63) is 29.6 Å². The first-order chi connectivity index (χ1) is 9.42. The lowest BCUT2D eigenvalue weighted by atomic mass is 10.2. The second-order valence-electron chi connectivity index (χ2n) is 5.38. The molecule has 1 fully saturated rings. The molecule has 6 nitrogen and oxygen atoms in total. The lowest BCUT2D eigenvalue weighted by Crippen LogP contribution is -2.25. The van der Waals surface area contributed by atoms with E-state index in [-0.39, 0.29) is 0 Å². The standard InChI is InChI=1S/C13H18N6/c1-2-10(1)13-16-11-9-14-4-3-12(11)19(13)8-7-18-6-5-15-17-18/h5-6,10,14H,1-4,7-9H2. The molecule has 2 aromatic rings. The number of hydrogen-bond donors (Lipinski definition) is 1. The molecule has 2 aliphatic rings. The average molecular weight is 258 g/mol. The van der Waals surface area contributed by atoms with Gasteiger partial charge in [0.05, 0.1) is 18.4 Å². The highest BCUT2D eigenvalue weighted by atomic mass is 15.4. The second kappa shape index (κ2) is 4.45. The van der Waals surface area contributed by atoms with E-state index >= 15 is 0 Å². The molecule has 0 atom stereocenters. The SMILES string of the molecule is c1cn(CCn2c(C3CC3)nc3c2CCNC3)nn1. The Morgan fingerprint density at radius 2 is 2.26 bits per heavy atom. The lowest BCUT2D eigenvalue weighted by Gasteiger charge is -2.16. The maximum Gasteiger partial charge on any atom is 0.112 e. The average Bonchev–Trinajstić information content (AvgIpc) is 3.02. The minimum absolute atomic E-state index is 0.696. The van der Waals surface area contributed by atoms with Crippen molar-refractivity contribution in [2.24, 2.45) is 0 Å². The Balaban J connectivity index is 1.62. The third-order valence-electron chi connectivity index (χ3n) is 3.98. The number of aryl methyl sites for hydroxylation is 1. The van der Waals surface area contributed by atoms with Crippen molar-refractivity contribution in [3.63, 3.8) is 0 Å². The van der Waals surface area contributed by atoms with Crippen LogP contribution in [-0.4, -0.2) is 31.1 Å². The van der Waals surface area contributed by atoms with Crippen LogP contribution in [0.25, 0.3) is 0 Å². The molecule has 1 aliphatic heterocycles. The number of imidazole rings is 1. The Kier molecular flexibility index (Phi) is 2.61. The van der Waals surface area contributed by atoms with E-state index in [1.54, 1.807) is 6.20 Å². The van der Waals surface area contributed by atoms with Gasteiger partial charge in [-0.05, 0) is 12.8 Å². The van der Waals surface area contributed by atoms with Gasteiger partial charge in [-0.2, -0.15) is 0 Å². The number of rotatable bonds is 4. The number of nitrogens with zero attached hydrogens (tertiary/aromatic N) is 5. The molecule has 0 amide bonds. The summed E-state index contributed by atoms with van der Waals surface area (Å²) in [4.78, 5) is 4.87.